The summed E-state index contributed by atoms with van der Waals surface area (Å²) in [4.78, 5) is 31.2. The zero-order valence-electron chi connectivity index (χ0n) is 15.7. The van der Waals surface area contributed by atoms with E-state index in [2.05, 4.69) is 10.3 Å². The van der Waals surface area contributed by atoms with Crippen molar-refractivity contribution in [1.29, 1.82) is 0 Å². The second-order valence-electron chi connectivity index (χ2n) is 6.48. The van der Waals surface area contributed by atoms with Gasteiger partial charge in [-0.25, -0.2) is 4.98 Å². The molecule has 29 heavy (non-hydrogen) atoms. The highest BCUT2D eigenvalue weighted by Crippen LogP contribution is 2.29. The fraction of sp³-hybridized carbons (Fsp3) is 0.136. The van der Waals surface area contributed by atoms with Crippen molar-refractivity contribution in [3.8, 4) is 17.4 Å². The number of hydrogen-bond donors (Lipinski definition) is 1. The normalized spacial score (nSPS) is 15.7. The van der Waals surface area contributed by atoms with Crippen molar-refractivity contribution in [3.05, 3.63) is 78.5 Å². The number of para-hydroxylation sites is 3. The molecule has 0 radical (unpaired) electrons. The largest absolute Gasteiger partial charge is 0.489 e. The number of nitrogens with zero attached hydrogens (tertiary/aromatic N) is 2. The molecular weight excluding hydrogens is 370 g/mol. The zero-order chi connectivity index (χ0) is 20.2. The molecule has 1 atom stereocenters. The lowest BCUT2D eigenvalue weighted by molar-refractivity contribution is -0.120. The van der Waals surface area contributed by atoms with Crippen molar-refractivity contribution in [2.75, 3.05) is 18.6 Å². The average molecular weight is 389 g/mol. The predicted octanol–water partition coefficient (Wildman–Crippen LogP) is 3.03. The van der Waals surface area contributed by atoms with Crippen molar-refractivity contribution in [2.45, 2.75) is 6.04 Å². The molecule has 1 aromatic heterocycles. The smallest absolute Gasteiger partial charge is 0.270 e. The molecule has 1 aliphatic heterocycles. The first kappa shape index (κ1) is 18.5. The summed E-state index contributed by atoms with van der Waals surface area (Å²) >= 11 is 0. The maximum Gasteiger partial charge on any atom is 0.270 e. The molecule has 2 amide bonds. The van der Waals surface area contributed by atoms with Crippen molar-refractivity contribution in [2.24, 2.45) is 0 Å². The Labute approximate surface area is 167 Å². The number of amides is 2. The van der Waals surface area contributed by atoms with Crippen LogP contribution in [0.3, 0.4) is 0 Å². The van der Waals surface area contributed by atoms with Crippen LogP contribution < -0.4 is 19.7 Å². The Morgan fingerprint density at radius 1 is 1.07 bits per heavy atom. The number of benzene rings is 2. The first-order chi connectivity index (χ1) is 14.1. The maximum atomic E-state index is 12.8. The molecule has 0 spiro atoms. The van der Waals surface area contributed by atoms with Crippen molar-refractivity contribution in [3.63, 3.8) is 0 Å². The summed E-state index contributed by atoms with van der Waals surface area (Å²) in [5, 5.41) is 2.71. The lowest BCUT2D eigenvalue weighted by Gasteiger charge is -2.20. The Hall–Kier alpha value is -3.87. The summed E-state index contributed by atoms with van der Waals surface area (Å²) in [5.41, 5.74) is 0.807. The lowest BCUT2D eigenvalue weighted by atomic mass is 10.2. The molecule has 0 saturated heterocycles. The van der Waals surface area contributed by atoms with Gasteiger partial charge in [-0.15, -0.1) is 0 Å². The van der Waals surface area contributed by atoms with Crippen LogP contribution in [-0.4, -0.2) is 36.5 Å². The lowest BCUT2D eigenvalue weighted by Crippen LogP contribution is -2.49. The molecule has 0 unspecified atom stereocenters. The van der Waals surface area contributed by atoms with Crippen LogP contribution in [-0.2, 0) is 4.79 Å². The summed E-state index contributed by atoms with van der Waals surface area (Å²) < 4.78 is 11.4. The number of likely N-dealkylation sites (N-methyl/N-ethyl adjacent to an activating group) is 1. The van der Waals surface area contributed by atoms with Crippen molar-refractivity contribution >= 4 is 17.5 Å². The molecule has 0 aliphatic carbocycles. The van der Waals surface area contributed by atoms with Gasteiger partial charge in [0.1, 0.15) is 29.8 Å². The van der Waals surface area contributed by atoms with Crippen LogP contribution in [0.5, 0.6) is 17.4 Å². The Balaban J connectivity index is 1.48. The van der Waals surface area contributed by atoms with Gasteiger partial charge < -0.3 is 19.7 Å². The summed E-state index contributed by atoms with van der Waals surface area (Å²) in [6, 6.07) is 20.5. The minimum atomic E-state index is -0.833. The van der Waals surface area contributed by atoms with E-state index in [9.17, 15) is 9.59 Å². The zero-order valence-corrected chi connectivity index (χ0v) is 15.7. The number of aromatic nitrogens is 1. The molecule has 1 aliphatic rings. The van der Waals surface area contributed by atoms with Gasteiger partial charge in [-0.3, -0.25) is 9.59 Å². The first-order valence-electron chi connectivity index (χ1n) is 9.12. The molecule has 2 aromatic carbocycles. The molecule has 3 aromatic rings. The highest BCUT2D eigenvalue weighted by molar-refractivity contribution is 6.02. The van der Waals surface area contributed by atoms with Crippen LogP contribution in [0, 0.1) is 0 Å². The van der Waals surface area contributed by atoms with E-state index < -0.39 is 11.9 Å². The van der Waals surface area contributed by atoms with E-state index in [-0.39, 0.29) is 24.1 Å². The molecular formula is C22H19N3O4. The third kappa shape index (κ3) is 4.03. The fourth-order valence-electron chi connectivity index (χ4n) is 3.00. The van der Waals surface area contributed by atoms with E-state index in [1.807, 2.05) is 30.3 Å². The number of pyridine rings is 1. The van der Waals surface area contributed by atoms with Gasteiger partial charge in [0.05, 0.1) is 5.69 Å². The number of rotatable bonds is 4. The van der Waals surface area contributed by atoms with Crippen LogP contribution in [0.2, 0.25) is 0 Å². The molecule has 0 saturated carbocycles. The van der Waals surface area contributed by atoms with E-state index in [1.165, 1.54) is 4.90 Å². The standard InChI is InChI=1S/C22H19N3O4/c1-25-18-11-5-6-12-19(18)28-14-17(22(25)27)24-21(26)16-10-7-13-20(23-16)29-15-8-3-2-4-9-15/h2-13,17H,14H2,1H3,(H,24,26)/t17-/m0/s1. The number of ether oxygens (including phenoxy) is 2. The predicted molar refractivity (Wildman–Crippen MR) is 107 cm³/mol. The van der Waals surface area contributed by atoms with Gasteiger partial charge in [-0.05, 0) is 30.3 Å². The number of fused-ring (bicyclic) bond motifs is 1. The van der Waals surface area contributed by atoms with E-state index in [4.69, 9.17) is 9.47 Å². The van der Waals surface area contributed by atoms with Crippen molar-refractivity contribution < 1.29 is 19.1 Å². The molecule has 4 rings (SSSR count). The summed E-state index contributed by atoms with van der Waals surface area (Å²) in [7, 11) is 1.65. The van der Waals surface area contributed by atoms with Gasteiger partial charge >= 0.3 is 0 Å². The van der Waals surface area contributed by atoms with Gasteiger partial charge in [-0.1, -0.05) is 36.4 Å². The minimum Gasteiger partial charge on any atom is -0.489 e. The molecule has 2 heterocycles. The number of carbonyl (C=O) groups excluding carboxylic acids is 2. The molecule has 0 bridgehead atoms. The van der Waals surface area contributed by atoms with Gasteiger partial charge in [0.15, 0.2) is 0 Å². The number of hydrogen-bond acceptors (Lipinski definition) is 5. The third-order valence-corrected chi connectivity index (χ3v) is 4.49. The molecule has 1 N–H and O–H groups in total. The third-order valence-electron chi connectivity index (χ3n) is 4.49. The van der Waals surface area contributed by atoms with Crippen molar-refractivity contribution in [1.82, 2.24) is 10.3 Å². The SMILES string of the molecule is CN1C(=O)[C@@H](NC(=O)c2cccc(Oc3ccccc3)n2)COc2ccccc21. The Morgan fingerprint density at radius 2 is 1.83 bits per heavy atom. The first-order valence-corrected chi connectivity index (χ1v) is 9.12. The summed E-state index contributed by atoms with van der Waals surface area (Å²) in [6.07, 6.45) is 0. The quantitative estimate of drug-likeness (QED) is 0.742. The van der Waals surface area contributed by atoms with E-state index in [1.54, 1.807) is 49.5 Å². The number of carbonyl (C=O) groups is 2. The molecule has 0 fully saturated rings. The fourth-order valence-corrected chi connectivity index (χ4v) is 3.00. The van der Waals surface area contributed by atoms with Gasteiger partial charge in [0.25, 0.3) is 11.8 Å². The van der Waals surface area contributed by atoms with Crippen LogP contribution in [0.4, 0.5) is 5.69 Å². The van der Waals surface area contributed by atoms with Crippen LogP contribution >= 0.6 is 0 Å². The summed E-state index contributed by atoms with van der Waals surface area (Å²) in [6.45, 7) is 0.0339. The van der Waals surface area contributed by atoms with Crippen LogP contribution in [0.1, 0.15) is 10.5 Å². The molecule has 146 valence electrons. The van der Waals surface area contributed by atoms with Gasteiger partial charge in [-0.2, -0.15) is 0 Å². The van der Waals surface area contributed by atoms with E-state index in [0.29, 0.717) is 17.2 Å². The van der Waals surface area contributed by atoms with Gasteiger partial charge in [0.2, 0.25) is 5.88 Å². The second kappa shape index (κ2) is 8.02. The number of anilines is 1. The maximum absolute atomic E-state index is 12.8. The molecule has 7 heteroatoms. The summed E-state index contributed by atoms with van der Waals surface area (Å²) in [5.74, 6) is 0.752. The van der Waals surface area contributed by atoms with E-state index >= 15 is 0 Å². The van der Waals surface area contributed by atoms with E-state index in [0.717, 1.165) is 0 Å². The Bertz CT molecular complexity index is 1040. The minimum absolute atomic E-state index is 0.0339. The monoisotopic (exact) mass is 389 g/mol. The highest BCUT2D eigenvalue weighted by Gasteiger charge is 2.30. The Kier molecular flexibility index (Phi) is 5.11. The van der Waals surface area contributed by atoms with Crippen LogP contribution in [0.15, 0.2) is 72.8 Å². The Morgan fingerprint density at radius 3 is 2.66 bits per heavy atom. The topological polar surface area (TPSA) is 80.8 Å². The average Bonchev–Trinajstić information content (AvgIpc) is 2.87. The second-order valence-corrected chi connectivity index (χ2v) is 6.48. The van der Waals surface area contributed by atoms with Gasteiger partial charge in [0, 0.05) is 13.1 Å². The highest BCUT2D eigenvalue weighted by atomic mass is 16.5. The molecule has 7 nitrogen and oxygen atoms in total. The van der Waals surface area contributed by atoms with Crippen LogP contribution in [0.25, 0.3) is 0 Å². The number of nitrogens with one attached hydrogen (secondary N) is 1.